The maximum absolute atomic E-state index is 10.9. The van der Waals surface area contributed by atoms with E-state index in [-0.39, 0.29) is 13.2 Å². The molecule has 0 spiro atoms. The summed E-state index contributed by atoms with van der Waals surface area (Å²) in [6.07, 6.45) is 0.102. The van der Waals surface area contributed by atoms with Gasteiger partial charge in [0.1, 0.15) is 13.2 Å². The summed E-state index contributed by atoms with van der Waals surface area (Å²) in [6, 6.07) is 0. The molecule has 0 rings (SSSR count). The van der Waals surface area contributed by atoms with Crippen LogP contribution in [0.3, 0.4) is 0 Å². The number of methoxy groups -OCH3 is 1. The van der Waals surface area contributed by atoms with Gasteiger partial charge in [0.2, 0.25) is 0 Å². The van der Waals surface area contributed by atoms with Gasteiger partial charge in [0.15, 0.2) is 0 Å². The molecule has 0 aliphatic heterocycles. The Morgan fingerprint density at radius 1 is 1.13 bits per heavy atom. The van der Waals surface area contributed by atoms with Crippen molar-refractivity contribution in [1.82, 2.24) is 5.32 Å². The monoisotopic (exact) mass is 219 g/mol. The van der Waals surface area contributed by atoms with E-state index in [9.17, 15) is 9.59 Å². The van der Waals surface area contributed by atoms with E-state index in [1.165, 1.54) is 7.11 Å². The van der Waals surface area contributed by atoms with Crippen LogP contribution < -0.4 is 5.32 Å². The standard InChI is InChI=1S/C9H17NO5/c1-3-4-14-8(11)7-10-9(12)15-6-5-13-2/h3-7H2,1-2H3,(H,10,12). The molecule has 0 saturated carbocycles. The van der Waals surface area contributed by atoms with E-state index in [1.807, 2.05) is 6.92 Å². The van der Waals surface area contributed by atoms with Crippen molar-refractivity contribution in [3.8, 4) is 0 Å². The van der Waals surface area contributed by atoms with Gasteiger partial charge in [0.25, 0.3) is 0 Å². The second kappa shape index (κ2) is 9.26. The highest BCUT2D eigenvalue weighted by atomic mass is 16.6. The highest BCUT2D eigenvalue weighted by Crippen LogP contribution is 1.83. The van der Waals surface area contributed by atoms with Crippen molar-refractivity contribution in [2.75, 3.05) is 33.5 Å². The number of carbonyl (C=O) groups excluding carboxylic acids is 2. The van der Waals surface area contributed by atoms with Crippen LogP contribution in [0.1, 0.15) is 13.3 Å². The normalized spacial score (nSPS) is 9.47. The zero-order chi connectivity index (χ0) is 11.5. The number of hydrogen-bond donors (Lipinski definition) is 1. The van der Waals surface area contributed by atoms with Gasteiger partial charge in [0.05, 0.1) is 13.2 Å². The minimum absolute atomic E-state index is 0.159. The quantitative estimate of drug-likeness (QED) is 0.493. The van der Waals surface area contributed by atoms with Gasteiger partial charge >= 0.3 is 12.1 Å². The fourth-order valence-electron chi connectivity index (χ4n) is 0.680. The SMILES string of the molecule is CCCOC(=O)CNC(=O)OCCOC. The molecule has 0 aromatic carbocycles. The maximum Gasteiger partial charge on any atom is 0.407 e. The zero-order valence-corrected chi connectivity index (χ0v) is 9.08. The van der Waals surface area contributed by atoms with Crippen molar-refractivity contribution in [2.24, 2.45) is 0 Å². The van der Waals surface area contributed by atoms with Crippen LogP contribution in [0.5, 0.6) is 0 Å². The molecule has 0 radical (unpaired) electrons. The van der Waals surface area contributed by atoms with Crippen LogP contribution in [0, 0.1) is 0 Å². The Morgan fingerprint density at radius 2 is 1.87 bits per heavy atom. The van der Waals surface area contributed by atoms with Crippen LogP contribution in [0.25, 0.3) is 0 Å². The average Bonchev–Trinajstić information content (AvgIpc) is 2.24. The molecule has 0 heterocycles. The van der Waals surface area contributed by atoms with Crippen molar-refractivity contribution < 1.29 is 23.8 Å². The van der Waals surface area contributed by atoms with Crippen molar-refractivity contribution in [1.29, 1.82) is 0 Å². The summed E-state index contributed by atoms with van der Waals surface area (Å²) < 4.78 is 14.1. The van der Waals surface area contributed by atoms with Gasteiger partial charge < -0.3 is 19.5 Å². The molecule has 88 valence electrons. The summed E-state index contributed by atoms with van der Waals surface area (Å²) in [5.74, 6) is -0.472. The Kier molecular flexibility index (Phi) is 8.46. The van der Waals surface area contributed by atoms with E-state index in [4.69, 9.17) is 4.74 Å². The lowest BCUT2D eigenvalue weighted by Crippen LogP contribution is -2.31. The average molecular weight is 219 g/mol. The van der Waals surface area contributed by atoms with Gasteiger partial charge in [0, 0.05) is 7.11 Å². The molecule has 0 unspecified atom stereocenters. The highest BCUT2D eigenvalue weighted by Gasteiger charge is 2.06. The Hall–Kier alpha value is -1.30. The van der Waals surface area contributed by atoms with E-state index >= 15 is 0 Å². The van der Waals surface area contributed by atoms with Crippen molar-refractivity contribution in [3.05, 3.63) is 0 Å². The molecular formula is C9H17NO5. The van der Waals surface area contributed by atoms with Crippen LogP contribution >= 0.6 is 0 Å². The Morgan fingerprint density at radius 3 is 2.47 bits per heavy atom. The molecule has 0 aromatic heterocycles. The molecule has 0 bridgehead atoms. The molecule has 0 aliphatic carbocycles. The molecule has 15 heavy (non-hydrogen) atoms. The molecule has 6 nitrogen and oxygen atoms in total. The first-order chi connectivity index (χ1) is 7.20. The summed E-state index contributed by atoms with van der Waals surface area (Å²) in [5.41, 5.74) is 0. The third-order valence-corrected chi connectivity index (χ3v) is 1.36. The van der Waals surface area contributed by atoms with Crippen molar-refractivity contribution >= 4 is 12.1 Å². The van der Waals surface area contributed by atoms with E-state index in [1.54, 1.807) is 0 Å². The smallest absolute Gasteiger partial charge is 0.407 e. The molecular weight excluding hydrogens is 202 g/mol. The largest absolute Gasteiger partial charge is 0.464 e. The van der Waals surface area contributed by atoms with Gasteiger partial charge in [-0.2, -0.15) is 0 Å². The first kappa shape index (κ1) is 13.7. The van der Waals surface area contributed by atoms with E-state index in [0.717, 1.165) is 6.42 Å². The lowest BCUT2D eigenvalue weighted by molar-refractivity contribution is -0.142. The third-order valence-electron chi connectivity index (χ3n) is 1.36. The predicted octanol–water partition coefficient (Wildman–Crippen LogP) is 0.312. The maximum atomic E-state index is 10.9. The van der Waals surface area contributed by atoms with Crippen LogP contribution in [-0.4, -0.2) is 45.5 Å². The minimum atomic E-state index is -0.652. The lowest BCUT2D eigenvalue weighted by Gasteiger charge is -2.06. The van der Waals surface area contributed by atoms with Crippen LogP contribution in [-0.2, 0) is 19.0 Å². The Balaban J connectivity index is 3.40. The number of nitrogens with one attached hydrogen (secondary N) is 1. The summed E-state index contributed by atoms with van der Waals surface area (Å²) in [7, 11) is 1.50. The number of amides is 1. The van der Waals surface area contributed by atoms with Crippen LogP contribution in [0.2, 0.25) is 0 Å². The first-order valence-corrected chi connectivity index (χ1v) is 4.75. The number of ether oxygens (including phenoxy) is 3. The van der Waals surface area contributed by atoms with E-state index in [0.29, 0.717) is 13.2 Å². The molecule has 1 N–H and O–H groups in total. The third kappa shape index (κ3) is 9.01. The summed E-state index contributed by atoms with van der Waals surface area (Å²) >= 11 is 0. The first-order valence-electron chi connectivity index (χ1n) is 4.75. The summed E-state index contributed by atoms with van der Waals surface area (Å²) in [4.78, 5) is 21.8. The fourth-order valence-corrected chi connectivity index (χ4v) is 0.680. The molecule has 0 fully saturated rings. The lowest BCUT2D eigenvalue weighted by atomic mass is 10.5. The summed E-state index contributed by atoms with van der Waals surface area (Å²) in [5, 5.41) is 2.26. The Bertz CT molecular complexity index is 195. The molecule has 0 aromatic rings. The number of hydrogen-bond acceptors (Lipinski definition) is 5. The van der Waals surface area contributed by atoms with Gasteiger partial charge in [-0.1, -0.05) is 6.92 Å². The predicted molar refractivity (Wildman–Crippen MR) is 52.5 cm³/mol. The second-order valence-electron chi connectivity index (χ2n) is 2.70. The molecule has 6 heteroatoms. The number of rotatable bonds is 7. The van der Waals surface area contributed by atoms with Crippen LogP contribution in [0.15, 0.2) is 0 Å². The minimum Gasteiger partial charge on any atom is -0.464 e. The van der Waals surface area contributed by atoms with Crippen molar-refractivity contribution in [2.45, 2.75) is 13.3 Å². The van der Waals surface area contributed by atoms with Crippen molar-refractivity contribution in [3.63, 3.8) is 0 Å². The van der Waals surface area contributed by atoms with Gasteiger partial charge in [-0.25, -0.2) is 4.79 Å². The van der Waals surface area contributed by atoms with Gasteiger partial charge in [-0.15, -0.1) is 0 Å². The molecule has 0 aliphatic rings. The Labute approximate surface area is 88.9 Å². The molecule has 0 saturated heterocycles. The fraction of sp³-hybridized carbons (Fsp3) is 0.778. The number of carbonyl (C=O) groups is 2. The summed E-state index contributed by atoms with van der Waals surface area (Å²) in [6.45, 7) is 2.56. The molecule has 0 atom stereocenters. The van der Waals surface area contributed by atoms with Gasteiger partial charge in [-0.3, -0.25) is 4.79 Å². The highest BCUT2D eigenvalue weighted by molar-refractivity contribution is 5.77. The van der Waals surface area contributed by atoms with Crippen LogP contribution in [0.4, 0.5) is 4.79 Å². The second-order valence-corrected chi connectivity index (χ2v) is 2.70. The molecule has 1 amide bonds. The number of alkyl carbamates (subject to hydrolysis) is 1. The zero-order valence-electron chi connectivity index (χ0n) is 9.08. The van der Waals surface area contributed by atoms with E-state index < -0.39 is 12.1 Å². The number of esters is 1. The topological polar surface area (TPSA) is 73.9 Å². The van der Waals surface area contributed by atoms with Gasteiger partial charge in [-0.05, 0) is 6.42 Å². The van der Waals surface area contributed by atoms with E-state index in [2.05, 4.69) is 14.8 Å².